The van der Waals surface area contributed by atoms with Crippen LogP contribution in [0.2, 0.25) is 0 Å². The summed E-state index contributed by atoms with van der Waals surface area (Å²) >= 11 is 1.74. The Bertz CT molecular complexity index is 387. The second-order valence-electron chi connectivity index (χ2n) is 5.22. The molecule has 18 heavy (non-hydrogen) atoms. The van der Waals surface area contributed by atoms with Gasteiger partial charge in [-0.25, -0.2) is 0 Å². The molecule has 1 aromatic rings. The number of rotatable bonds is 6. The van der Waals surface area contributed by atoms with Crippen LogP contribution < -0.4 is 10.6 Å². The summed E-state index contributed by atoms with van der Waals surface area (Å²) in [7, 11) is 0. The van der Waals surface area contributed by atoms with E-state index in [0.717, 1.165) is 6.54 Å². The maximum Gasteiger partial charge on any atom is 0.236 e. The van der Waals surface area contributed by atoms with Gasteiger partial charge >= 0.3 is 0 Å². The summed E-state index contributed by atoms with van der Waals surface area (Å²) in [5, 5.41) is 8.38. The zero-order valence-electron chi connectivity index (χ0n) is 11.9. The van der Waals surface area contributed by atoms with E-state index >= 15 is 0 Å². The maximum absolute atomic E-state index is 11.9. The first-order valence-electron chi connectivity index (χ1n) is 6.49. The van der Waals surface area contributed by atoms with Crippen LogP contribution in [0.15, 0.2) is 11.4 Å². The van der Waals surface area contributed by atoms with Crippen molar-refractivity contribution in [2.45, 2.75) is 46.7 Å². The van der Waals surface area contributed by atoms with E-state index in [2.05, 4.69) is 49.8 Å². The molecule has 3 nitrogen and oxygen atoms in total. The minimum atomic E-state index is -0.166. The van der Waals surface area contributed by atoms with Crippen molar-refractivity contribution in [1.29, 1.82) is 0 Å². The van der Waals surface area contributed by atoms with Gasteiger partial charge in [-0.1, -0.05) is 13.8 Å². The Morgan fingerprint density at radius 2 is 2.00 bits per heavy atom. The number of aryl methyl sites for hydroxylation is 1. The number of carbonyl (C=O) groups is 1. The Balaban J connectivity index is 2.47. The van der Waals surface area contributed by atoms with Crippen LogP contribution in [-0.4, -0.2) is 18.5 Å². The van der Waals surface area contributed by atoms with Gasteiger partial charge in [-0.2, -0.15) is 0 Å². The molecule has 0 bridgehead atoms. The quantitative estimate of drug-likeness (QED) is 0.833. The lowest BCUT2D eigenvalue weighted by Gasteiger charge is -2.20. The van der Waals surface area contributed by atoms with Gasteiger partial charge in [0.2, 0.25) is 5.91 Å². The standard InChI is InChI=1S/C14H24N2OS/c1-9(2)8-15-14(17)12(5)16-11(4)13-10(3)6-7-18-13/h6-7,9,11-12,16H,8H2,1-5H3,(H,15,17). The molecule has 2 atom stereocenters. The molecule has 4 heteroatoms. The monoisotopic (exact) mass is 268 g/mol. The third-order valence-corrected chi connectivity index (χ3v) is 4.07. The number of carbonyl (C=O) groups excluding carboxylic acids is 1. The SMILES string of the molecule is Cc1ccsc1C(C)NC(C)C(=O)NCC(C)C. The van der Waals surface area contributed by atoms with Gasteiger partial charge in [0.1, 0.15) is 0 Å². The molecule has 0 aliphatic rings. The smallest absolute Gasteiger partial charge is 0.236 e. The number of hydrogen-bond acceptors (Lipinski definition) is 3. The lowest BCUT2D eigenvalue weighted by atomic mass is 10.1. The lowest BCUT2D eigenvalue weighted by molar-refractivity contribution is -0.123. The van der Waals surface area contributed by atoms with Crippen LogP contribution in [0, 0.1) is 12.8 Å². The molecule has 0 fully saturated rings. The third kappa shape index (κ3) is 4.42. The second-order valence-corrected chi connectivity index (χ2v) is 6.16. The van der Waals surface area contributed by atoms with Crippen molar-refractivity contribution in [1.82, 2.24) is 10.6 Å². The normalized spacial score (nSPS) is 14.6. The lowest BCUT2D eigenvalue weighted by Crippen LogP contribution is -2.44. The first kappa shape index (κ1) is 15.2. The minimum Gasteiger partial charge on any atom is -0.354 e. The highest BCUT2D eigenvalue weighted by molar-refractivity contribution is 7.10. The molecular weight excluding hydrogens is 244 g/mol. The van der Waals surface area contributed by atoms with Crippen molar-refractivity contribution in [2.75, 3.05) is 6.54 Å². The van der Waals surface area contributed by atoms with Gasteiger partial charge in [-0.15, -0.1) is 11.3 Å². The van der Waals surface area contributed by atoms with Gasteiger partial charge in [0.25, 0.3) is 0 Å². The number of amides is 1. The number of hydrogen-bond donors (Lipinski definition) is 2. The highest BCUT2D eigenvalue weighted by Crippen LogP contribution is 2.23. The summed E-state index contributed by atoms with van der Waals surface area (Å²) in [6, 6.07) is 2.16. The average Bonchev–Trinajstić information content (AvgIpc) is 2.72. The molecule has 1 heterocycles. The summed E-state index contributed by atoms with van der Waals surface area (Å²) in [4.78, 5) is 13.2. The van der Waals surface area contributed by atoms with Crippen LogP contribution in [-0.2, 0) is 4.79 Å². The highest BCUT2D eigenvalue weighted by Gasteiger charge is 2.17. The Morgan fingerprint density at radius 3 is 2.50 bits per heavy atom. The molecule has 1 amide bonds. The van der Waals surface area contributed by atoms with Crippen molar-refractivity contribution >= 4 is 17.2 Å². The van der Waals surface area contributed by atoms with Gasteiger partial charge in [0.15, 0.2) is 0 Å². The molecule has 1 rings (SSSR count). The van der Waals surface area contributed by atoms with Gasteiger partial charge in [0.05, 0.1) is 6.04 Å². The maximum atomic E-state index is 11.9. The molecule has 2 unspecified atom stereocenters. The Morgan fingerprint density at radius 1 is 1.33 bits per heavy atom. The van der Waals surface area contributed by atoms with E-state index in [9.17, 15) is 4.79 Å². The van der Waals surface area contributed by atoms with E-state index in [1.54, 1.807) is 11.3 Å². The summed E-state index contributed by atoms with van der Waals surface area (Å²) in [6.07, 6.45) is 0. The molecule has 0 spiro atoms. The van der Waals surface area contributed by atoms with Crippen molar-refractivity contribution in [3.8, 4) is 0 Å². The fourth-order valence-electron chi connectivity index (χ4n) is 1.81. The zero-order valence-corrected chi connectivity index (χ0v) is 12.7. The summed E-state index contributed by atoms with van der Waals surface area (Å²) in [5.41, 5.74) is 1.29. The van der Waals surface area contributed by atoms with Crippen LogP contribution >= 0.6 is 11.3 Å². The summed E-state index contributed by atoms with van der Waals surface area (Å²) < 4.78 is 0. The van der Waals surface area contributed by atoms with E-state index in [-0.39, 0.29) is 18.0 Å². The first-order valence-corrected chi connectivity index (χ1v) is 7.37. The number of nitrogens with one attached hydrogen (secondary N) is 2. The first-order chi connectivity index (χ1) is 8.41. The topological polar surface area (TPSA) is 41.1 Å². The second kappa shape index (κ2) is 6.90. The van der Waals surface area contributed by atoms with E-state index in [4.69, 9.17) is 0 Å². The van der Waals surface area contributed by atoms with E-state index in [0.29, 0.717) is 5.92 Å². The van der Waals surface area contributed by atoms with E-state index < -0.39 is 0 Å². The molecule has 0 saturated carbocycles. The minimum absolute atomic E-state index is 0.0739. The van der Waals surface area contributed by atoms with Crippen LogP contribution in [0.25, 0.3) is 0 Å². The van der Waals surface area contributed by atoms with E-state index in [1.807, 2.05) is 6.92 Å². The zero-order chi connectivity index (χ0) is 13.7. The Kier molecular flexibility index (Phi) is 5.82. The molecule has 102 valence electrons. The van der Waals surface area contributed by atoms with Crippen molar-refractivity contribution in [3.63, 3.8) is 0 Å². The highest BCUT2D eigenvalue weighted by atomic mass is 32.1. The van der Waals surface area contributed by atoms with Crippen molar-refractivity contribution in [2.24, 2.45) is 5.92 Å². The van der Waals surface area contributed by atoms with Crippen molar-refractivity contribution in [3.05, 3.63) is 21.9 Å². The van der Waals surface area contributed by atoms with E-state index in [1.165, 1.54) is 10.4 Å². The molecule has 0 aliphatic heterocycles. The molecule has 0 aromatic carbocycles. The van der Waals surface area contributed by atoms with Gasteiger partial charge in [-0.05, 0) is 43.7 Å². The Labute approximate surface area is 114 Å². The van der Waals surface area contributed by atoms with Crippen LogP contribution in [0.3, 0.4) is 0 Å². The van der Waals surface area contributed by atoms with Crippen molar-refractivity contribution < 1.29 is 4.79 Å². The third-order valence-electron chi connectivity index (χ3n) is 2.87. The predicted molar refractivity (Wildman–Crippen MR) is 77.9 cm³/mol. The molecule has 0 saturated heterocycles. The van der Waals surface area contributed by atoms with Crippen LogP contribution in [0.5, 0.6) is 0 Å². The molecule has 0 radical (unpaired) electrons. The number of thiophene rings is 1. The summed E-state index contributed by atoms with van der Waals surface area (Å²) in [6.45, 7) is 11.0. The fourth-order valence-corrected chi connectivity index (χ4v) is 2.76. The average molecular weight is 268 g/mol. The van der Waals surface area contributed by atoms with Crippen LogP contribution in [0.4, 0.5) is 0 Å². The summed E-state index contributed by atoms with van der Waals surface area (Å²) in [5.74, 6) is 0.558. The fraction of sp³-hybridized carbons (Fsp3) is 0.643. The molecule has 2 N–H and O–H groups in total. The Hall–Kier alpha value is -0.870. The molecule has 1 aromatic heterocycles. The van der Waals surface area contributed by atoms with Gasteiger partial charge in [-0.3, -0.25) is 10.1 Å². The largest absolute Gasteiger partial charge is 0.354 e. The van der Waals surface area contributed by atoms with Crippen LogP contribution in [0.1, 0.15) is 44.2 Å². The molecule has 0 aliphatic carbocycles. The van der Waals surface area contributed by atoms with Gasteiger partial charge in [0, 0.05) is 17.5 Å². The predicted octanol–water partition coefficient (Wildman–Crippen LogP) is 2.87. The molecular formula is C14H24N2OS. The van der Waals surface area contributed by atoms with Gasteiger partial charge < -0.3 is 5.32 Å².